The van der Waals surface area contributed by atoms with Crippen LogP contribution in [0.25, 0.3) is 0 Å². The lowest BCUT2D eigenvalue weighted by Crippen LogP contribution is -2.64. The highest BCUT2D eigenvalue weighted by molar-refractivity contribution is 6.42. The summed E-state index contributed by atoms with van der Waals surface area (Å²) in [6.45, 7) is 1.85. The number of carbonyl (C=O) groups is 6. The summed E-state index contributed by atoms with van der Waals surface area (Å²) in [5.41, 5.74) is -0.740. The second-order valence-electron chi connectivity index (χ2n) is 13.6. The van der Waals surface area contributed by atoms with E-state index in [1.54, 1.807) is 40.1 Å². The predicted molar refractivity (Wildman–Crippen MR) is 174 cm³/mol. The Labute approximate surface area is 283 Å². The van der Waals surface area contributed by atoms with Gasteiger partial charge < -0.3 is 24.7 Å². The molecule has 4 saturated heterocycles. The standard InChI is InChI=1S/C35H38ClN5O7/c1-20(42)37-26(19-22-5-2-3-6-25(22)36)30(43)39-17-4-15-35(39)16-13-24-9-11-27(41(24)34(35)48)31(44)38-18-14-21-7-8-23-10-12-28(33(46)47)40(23)32(45)29(21)38/h2-3,5-8,13,16,21,23-24,27-29H,4,9-12,14-15,17-19H2,1H3,(H,46,47)/b37-26-/t21-,23-,24-,27-,28-,29?,35+/m0/s1. The highest BCUT2D eigenvalue weighted by Gasteiger charge is 2.58. The summed E-state index contributed by atoms with van der Waals surface area (Å²) in [5, 5.41) is 10.3. The third-order valence-electron chi connectivity index (χ3n) is 11.0. The summed E-state index contributed by atoms with van der Waals surface area (Å²) in [6, 6.07) is 3.73. The number of carboxylic acid groups (broad SMARTS) is 1. The largest absolute Gasteiger partial charge is 0.480 e. The van der Waals surface area contributed by atoms with E-state index in [0.29, 0.717) is 62.1 Å². The molecule has 12 nitrogen and oxygen atoms in total. The number of carboxylic acids is 1. The maximum absolute atomic E-state index is 14.6. The van der Waals surface area contributed by atoms with Gasteiger partial charge in [-0.05, 0) is 56.6 Å². The van der Waals surface area contributed by atoms with Crippen molar-refractivity contribution in [1.29, 1.82) is 0 Å². The average Bonchev–Trinajstić information content (AvgIpc) is 3.85. The molecule has 252 valence electrons. The van der Waals surface area contributed by atoms with E-state index < -0.39 is 41.4 Å². The van der Waals surface area contributed by atoms with E-state index in [1.807, 2.05) is 18.2 Å². The quantitative estimate of drug-likeness (QED) is 0.372. The van der Waals surface area contributed by atoms with E-state index in [0.717, 1.165) is 0 Å². The van der Waals surface area contributed by atoms with Crippen LogP contribution in [0.3, 0.4) is 0 Å². The molecule has 1 aromatic carbocycles. The van der Waals surface area contributed by atoms with Crippen LogP contribution in [0.15, 0.2) is 53.6 Å². The Hall–Kier alpha value is -4.32. The van der Waals surface area contributed by atoms with Crippen molar-refractivity contribution < 1.29 is 33.9 Å². The minimum Gasteiger partial charge on any atom is -0.480 e. The highest BCUT2D eigenvalue weighted by Crippen LogP contribution is 2.43. The van der Waals surface area contributed by atoms with Crippen LogP contribution in [-0.4, -0.2) is 115 Å². The van der Waals surface area contributed by atoms with E-state index in [9.17, 15) is 33.9 Å². The Balaban J connectivity index is 1.15. The van der Waals surface area contributed by atoms with Crippen LogP contribution in [0, 0.1) is 5.92 Å². The topological polar surface area (TPSA) is 148 Å². The first kappa shape index (κ1) is 32.2. The molecule has 0 saturated carbocycles. The van der Waals surface area contributed by atoms with Crippen LogP contribution >= 0.6 is 11.6 Å². The number of rotatable bonds is 5. The molecule has 0 aliphatic carbocycles. The fourth-order valence-corrected chi connectivity index (χ4v) is 8.96. The summed E-state index contributed by atoms with van der Waals surface area (Å²) in [7, 11) is 0. The van der Waals surface area contributed by atoms with E-state index in [-0.39, 0.29) is 54.4 Å². The van der Waals surface area contributed by atoms with Crippen LogP contribution in [-0.2, 0) is 35.2 Å². The van der Waals surface area contributed by atoms with Gasteiger partial charge >= 0.3 is 5.97 Å². The molecule has 7 atom stereocenters. The molecule has 6 aliphatic heterocycles. The van der Waals surface area contributed by atoms with E-state index >= 15 is 0 Å². The van der Waals surface area contributed by atoms with Crippen molar-refractivity contribution in [2.24, 2.45) is 10.9 Å². The number of carbonyl (C=O) groups excluding carboxylic acids is 5. The molecule has 1 unspecified atom stereocenters. The maximum atomic E-state index is 14.6. The number of halogens is 1. The molecular formula is C35H38ClN5O7. The number of aliphatic carboxylic acids is 1. The van der Waals surface area contributed by atoms with Crippen LogP contribution < -0.4 is 0 Å². The SMILES string of the molecule is CC(=O)/N=C(/Cc1ccccc1Cl)C(=O)N1CCC[C@]12C=C[C@@H]1CC[C@@H](C(=O)N3CC[C@@H]4C=C[C@H]5CC[C@@H](C(=O)O)N5C(=O)C43)N1C2=O. The molecule has 6 aliphatic rings. The molecular weight excluding hydrogens is 638 g/mol. The Bertz CT molecular complexity index is 1690. The third-order valence-corrected chi connectivity index (χ3v) is 11.3. The first-order valence-corrected chi connectivity index (χ1v) is 17.1. The number of nitrogens with zero attached hydrogens (tertiary/aromatic N) is 5. The first-order valence-electron chi connectivity index (χ1n) is 16.7. The molecule has 4 fully saturated rings. The van der Waals surface area contributed by atoms with Gasteiger partial charge in [0, 0.05) is 37.4 Å². The maximum Gasteiger partial charge on any atom is 0.326 e. The molecule has 6 heterocycles. The van der Waals surface area contributed by atoms with Crippen LogP contribution in [0.5, 0.6) is 0 Å². The number of amides is 5. The van der Waals surface area contributed by atoms with Gasteiger partial charge in [0.05, 0.1) is 12.1 Å². The van der Waals surface area contributed by atoms with Crippen molar-refractivity contribution in [2.75, 3.05) is 13.1 Å². The second-order valence-corrected chi connectivity index (χ2v) is 14.0. The van der Waals surface area contributed by atoms with Crippen molar-refractivity contribution in [2.45, 2.75) is 94.0 Å². The number of benzene rings is 1. The molecule has 1 aromatic rings. The van der Waals surface area contributed by atoms with Crippen molar-refractivity contribution in [3.05, 3.63) is 59.2 Å². The van der Waals surface area contributed by atoms with Gasteiger partial charge in [-0.1, -0.05) is 54.1 Å². The molecule has 0 bridgehead atoms. The van der Waals surface area contributed by atoms with Gasteiger partial charge in [-0.15, -0.1) is 0 Å². The Kier molecular flexibility index (Phi) is 8.25. The van der Waals surface area contributed by atoms with Gasteiger partial charge in [-0.2, -0.15) is 0 Å². The highest BCUT2D eigenvalue weighted by atomic mass is 35.5. The van der Waals surface area contributed by atoms with Gasteiger partial charge in [0.1, 0.15) is 29.4 Å². The van der Waals surface area contributed by atoms with E-state index in [4.69, 9.17) is 11.6 Å². The summed E-state index contributed by atoms with van der Waals surface area (Å²) in [4.78, 5) is 91.4. The van der Waals surface area contributed by atoms with Crippen LogP contribution in [0.4, 0.5) is 0 Å². The van der Waals surface area contributed by atoms with Gasteiger partial charge in [-0.25, -0.2) is 9.79 Å². The molecule has 1 N–H and O–H groups in total. The fraction of sp³-hybridized carbons (Fsp3) is 0.514. The minimum absolute atomic E-state index is 0.0105. The molecule has 0 aromatic heterocycles. The van der Waals surface area contributed by atoms with Crippen molar-refractivity contribution >= 4 is 52.8 Å². The first-order chi connectivity index (χ1) is 23.0. The zero-order chi connectivity index (χ0) is 33.9. The fourth-order valence-electron chi connectivity index (χ4n) is 8.76. The van der Waals surface area contributed by atoms with Gasteiger partial charge in [0.15, 0.2) is 0 Å². The van der Waals surface area contributed by atoms with Gasteiger partial charge in [-0.3, -0.25) is 24.0 Å². The molecule has 5 amide bonds. The van der Waals surface area contributed by atoms with Gasteiger partial charge in [0.25, 0.3) is 11.8 Å². The van der Waals surface area contributed by atoms with Crippen LogP contribution in [0.2, 0.25) is 5.02 Å². The number of likely N-dealkylation sites (tertiary alicyclic amines) is 2. The van der Waals surface area contributed by atoms with Crippen LogP contribution in [0.1, 0.15) is 57.4 Å². The molecule has 7 rings (SSSR count). The smallest absolute Gasteiger partial charge is 0.326 e. The zero-order valence-electron chi connectivity index (χ0n) is 26.7. The second kappa shape index (κ2) is 12.3. The summed E-state index contributed by atoms with van der Waals surface area (Å²) < 4.78 is 0. The van der Waals surface area contributed by atoms with Gasteiger partial charge in [0.2, 0.25) is 17.7 Å². The third kappa shape index (κ3) is 5.15. The Morgan fingerprint density at radius 3 is 2.40 bits per heavy atom. The molecule has 13 heteroatoms. The number of hydrogen-bond acceptors (Lipinski definition) is 6. The Morgan fingerprint density at radius 2 is 1.67 bits per heavy atom. The monoisotopic (exact) mass is 675 g/mol. The lowest BCUT2D eigenvalue weighted by molar-refractivity contribution is -0.157. The van der Waals surface area contributed by atoms with E-state index in [2.05, 4.69) is 4.99 Å². The molecule has 48 heavy (non-hydrogen) atoms. The zero-order valence-corrected chi connectivity index (χ0v) is 27.4. The lowest BCUT2D eigenvalue weighted by atomic mass is 9.88. The molecule has 1 spiro atoms. The number of aliphatic imine (C=N–C) groups is 1. The minimum atomic E-state index is -1.35. The van der Waals surface area contributed by atoms with Crippen molar-refractivity contribution in [3.63, 3.8) is 0 Å². The average molecular weight is 676 g/mol. The van der Waals surface area contributed by atoms with E-state index in [1.165, 1.54) is 16.7 Å². The summed E-state index contributed by atoms with van der Waals surface area (Å²) in [6.07, 6.45) is 10.9. The Morgan fingerprint density at radius 1 is 0.938 bits per heavy atom. The van der Waals surface area contributed by atoms with Crippen molar-refractivity contribution in [1.82, 2.24) is 19.6 Å². The summed E-state index contributed by atoms with van der Waals surface area (Å²) >= 11 is 6.38. The predicted octanol–water partition coefficient (Wildman–Crippen LogP) is 2.39. The molecule has 0 radical (unpaired) electrons. The lowest BCUT2D eigenvalue weighted by Gasteiger charge is -2.44. The number of fused-ring (bicyclic) bond motifs is 3. The normalized spacial score (nSPS) is 32.5. The van der Waals surface area contributed by atoms with Crippen molar-refractivity contribution in [3.8, 4) is 0 Å². The number of hydrogen-bond donors (Lipinski definition) is 1. The summed E-state index contributed by atoms with van der Waals surface area (Å²) in [5.74, 6) is -3.41.